The Balaban J connectivity index is 2.07. The van der Waals surface area contributed by atoms with Gasteiger partial charge in [-0.25, -0.2) is 0 Å². The molecule has 1 aliphatic rings. The van der Waals surface area contributed by atoms with Crippen LogP contribution in [0, 0.1) is 0 Å². The summed E-state index contributed by atoms with van der Waals surface area (Å²) in [5.41, 5.74) is 7.01. The quantitative estimate of drug-likeness (QED) is 0.827. The lowest BCUT2D eigenvalue weighted by molar-refractivity contribution is 0.0345. The molecule has 1 aliphatic heterocycles. The van der Waals surface area contributed by atoms with E-state index in [4.69, 9.17) is 29.6 Å². The lowest BCUT2D eigenvalue weighted by Crippen LogP contribution is -2.50. The molecule has 0 atom stereocenters. The largest absolute Gasteiger partial charge is 0.389 e. The lowest BCUT2D eigenvalue weighted by Gasteiger charge is -2.39. The second kappa shape index (κ2) is 6.48. The van der Waals surface area contributed by atoms with Gasteiger partial charge in [0.15, 0.2) is 0 Å². The zero-order valence-corrected chi connectivity index (χ0v) is 14.0. The van der Waals surface area contributed by atoms with Crippen LogP contribution in [0.5, 0.6) is 0 Å². The zero-order valence-electron chi connectivity index (χ0n) is 12.5. The number of benzene rings is 1. The lowest BCUT2D eigenvalue weighted by atomic mass is 10.1. The van der Waals surface area contributed by atoms with Crippen molar-refractivity contribution >= 4 is 34.5 Å². The minimum atomic E-state index is -0.660. The highest BCUT2D eigenvalue weighted by atomic mass is 35.5. The van der Waals surface area contributed by atoms with E-state index in [2.05, 4.69) is 9.80 Å². The molecule has 1 heterocycles. The summed E-state index contributed by atoms with van der Waals surface area (Å²) in [6.45, 7) is 7.93. The fourth-order valence-electron chi connectivity index (χ4n) is 2.68. The highest BCUT2D eigenvalue weighted by Gasteiger charge is 2.24. The Morgan fingerprint density at radius 3 is 2.48 bits per heavy atom. The molecule has 1 fully saturated rings. The standard InChI is InChI=1S/C15H22ClN3OS/c1-15(2,20)10-18-5-7-19(8-6-18)13-4-3-11(16)9-12(13)14(17)21/h3-4,9,20H,5-8,10H2,1-2H3,(H2,17,21). The molecule has 116 valence electrons. The van der Waals surface area contributed by atoms with E-state index in [1.165, 1.54) is 0 Å². The van der Waals surface area contributed by atoms with Crippen molar-refractivity contribution in [3.05, 3.63) is 28.8 Å². The van der Waals surface area contributed by atoms with Crippen LogP contribution in [-0.2, 0) is 0 Å². The van der Waals surface area contributed by atoms with Crippen LogP contribution in [0.15, 0.2) is 18.2 Å². The SMILES string of the molecule is CC(C)(O)CN1CCN(c2ccc(Cl)cc2C(N)=S)CC1. The third-order valence-corrected chi connectivity index (χ3v) is 4.00. The number of hydrogen-bond acceptors (Lipinski definition) is 4. The number of aliphatic hydroxyl groups is 1. The van der Waals surface area contributed by atoms with Crippen molar-refractivity contribution in [3.8, 4) is 0 Å². The summed E-state index contributed by atoms with van der Waals surface area (Å²) in [5, 5.41) is 10.5. The maximum Gasteiger partial charge on any atom is 0.106 e. The van der Waals surface area contributed by atoms with Crippen LogP contribution in [0.25, 0.3) is 0 Å². The predicted molar refractivity (Wildman–Crippen MR) is 92.3 cm³/mol. The van der Waals surface area contributed by atoms with Gasteiger partial charge in [0, 0.05) is 49.0 Å². The molecule has 3 N–H and O–H groups in total. The summed E-state index contributed by atoms with van der Waals surface area (Å²) in [7, 11) is 0. The number of halogens is 1. The second-order valence-electron chi connectivity index (χ2n) is 6.10. The van der Waals surface area contributed by atoms with E-state index >= 15 is 0 Å². The first-order valence-electron chi connectivity index (χ1n) is 7.05. The Bertz CT molecular complexity index is 522. The molecule has 2 rings (SSSR count). The van der Waals surface area contributed by atoms with Gasteiger partial charge in [-0.1, -0.05) is 23.8 Å². The fraction of sp³-hybridized carbons (Fsp3) is 0.533. The molecule has 4 nitrogen and oxygen atoms in total. The first-order chi connectivity index (χ1) is 9.76. The van der Waals surface area contributed by atoms with Crippen molar-refractivity contribution in [2.24, 2.45) is 5.73 Å². The van der Waals surface area contributed by atoms with E-state index in [1.807, 2.05) is 32.0 Å². The van der Waals surface area contributed by atoms with Gasteiger partial charge in [-0.15, -0.1) is 0 Å². The van der Waals surface area contributed by atoms with Crippen molar-refractivity contribution in [1.82, 2.24) is 4.90 Å². The van der Waals surface area contributed by atoms with Gasteiger partial charge in [-0.05, 0) is 32.0 Å². The van der Waals surface area contributed by atoms with Gasteiger partial charge in [0.2, 0.25) is 0 Å². The van der Waals surface area contributed by atoms with Crippen molar-refractivity contribution in [3.63, 3.8) is 0 Å². The van der Waals surface area contributed by atoms with Crippen LogP contribution in [0.2, 0.25) is 5.02 Å². The minimum absolute atomic E-state index is 0.367. The van der Waals surface area contributed by atoms with Crippen molar-refractivity contribution in [1.29, 1.82) is 0 Å². The first kappa shape index (κ1) is 16.5. The van der Waals surface area contributed by atoms with Crippen molar-refractivity contribution < 1.29 is 5.11 Å². The number of anilines is 1. The Labute approximate surface area is 136 Å². The second-order valence-corrected chi connectivity index (χ2v) is 6.98. The number of piperazine rings is 1. The number of thiocarbonyl (C=S) groups is 1. The van der Waals surface area contributed by atoms with Gasteiger partial charge in [0.05, 0.1) is 5.60 Å². The van der Waals surface area contributed by atoms with E-state index < -0.39 is 5.60 Å². The summed E-state index contributed by atoms with van der Waals surface area (Å²) in [4.78, 5) is 4.91. The molecule has 1 aromatic carbocycles. The number of nitrogens with two attached hydrogens (primary N) is 1. The van der Waals surface area contributed by atoms with Crippen LogP contribution in [-0.4, -0.2) is 53.3 Å². The molecule has 1 aromatic rings. The van der Waals surface area contributed by atoms with Gasteiger partial charge in [-0.2, -0.15) is 0 Å². The third-order valence-electron chi connectivity index (χ3n) is 3.55. The van der Waals surface area contributed by atoms with Crippen LogP contribution in [0.1, 0.15) is 19.4 Å². The van der Waals surface area contributed by atoms with Gasteiger partial charge in [0.25, 0.3) is 0 Å². The van der Waals surface area contributed by atoms with Crippen LogP contribution < -0.4 is 10.6 Å². The molecule has 0 aliphatic carbocycles. The highest BCUT2D eigenvalue weighted by Crippen LogP contribution is 2.25. The van der Waals surface area contributed by atoms with E-state index in [-0.39, 0.29) is 0 Å². The summed E-state index contributed by atoms with van der Waals surface area (Å²) in [6, 6.07) is 5.66. The number of rotatable bonds is 4. The van der Waals surface area contributed by atoms with Gasteiger partial charge >= 0.3 is 0 Å². The van der Waals surface area contributed by atoms with E-state index in [9.17, 15) is 5.11 Å². The van der Waals surface area contributed by atoms with E-state index in [0.717, 1.165) is 37.4 Å². The summed E-state index contributed by atoms with van der Waals surface area (Å²) in [5.74, 6) is 0. The normalized spacial score (nSPS) is 17.0. The molecule has 1 saturated heterocycles. The molecule has 0 spiro atoms. The minimum Gasteiger partial charge on any atom is -0.389 e. The molecule has 6 heteroatoms. The van der Waals surface area contributed by atoms with Gasteiger partial charge in [0.1, 0.15) is 4.99 Å². The Morgan fingerprint density at radius 2 is 1.95 bits per heavy atom. The molecule has 0 radical (unpaired) electrons. The molecular weight excluding hydrogens is 306 g/mol. The van der Waals surface area contributed by atoms with Crippen LogP contribution in [0.3, 0.4) is 0 Å². The fourth-order valence-corrected chi connectivity index (χ4v) is 3.01. The summed E-state index contributed by atoms with van der Waals surface area (Å²) in [6.07, 6.45) is 0. The van der Waals surface area contributed by atoms with Crippen molar-refractivity contribution in [2.45, 2.75) is 19.4 Å². The van der Waals surface area contributed by atoms with Gasteiger partial charge in [-0.3, -0.25) is 4.90 Å². The maximum atomic E-state index is 9.90. The Hall–Kier alpha value is -0.880. The molecule has 0 bridgehead atoms. The predicted octanol–water partition coefficient (Wildman–Crippen LogP) is 1.87. The zero-order chi connectivity index (χ0) is 15.6. The average Bonchev–Trinajstić information content (AvgIpc) is 2.38. The highest BCUT2D eigenvalue weighted by molar-refractivity contribution is 7.80. The van der Waals surface area contributed by atoms with E-state index in [0.29, 0.717) is 16.6 Å². The smallest absolute Gasteiger partial charge is 0.106 e. The molecular formula is C15H22ClN3OS. The van der Waals surface area contributed by atoms with E-state index in [1.54, 1.807) is 0 Å². The number of nitrogens with zero attached hydrogens (tertiary/aromatic N) is 2. The molecule has 0 saturated carbocycles. The molecule has 0 amide bonds. The number of hydrogen-bond donors (Lipinski definition) is 2. The van der Waals surface area contributed by atoms with Crippen LogP contribution in [0.4, 0.5) is 5.69 Å². The number of β-amino-alcohol motifs (C(OH)–C–C–N with tert-alkyl or cyclic N) is 1. The third kappa shape index (κ3) is 4.54. The Morgan fingerprint density at radius 1 is 1.33 bits per heavy atom. The maximum absolute atomic E-state index is 9.90. The molecule has 0 aromatic heterocycles. The summed E-state index contributed by atoms with van der Waals surface area (Å²) < 4.78 is 0. The van der Waals surface area contributed by atoms with Crippen LogP contribution >= 0.6 is 23.8 Å². The summed E-state index contributed by atoms with van der Waals surface area (Å²) >= 11 is 11.1. The van der Waals surface area contributed by atoms with Crippen molar-refractivity contribution in [2.75, 3.05) is 37.6 Å². The molecule has 0 unspecified atom stereocenters. The first-order valence-corrected chi connectivity index (χ1v) is 7.84. The molecule has 21 heavy (non-hydrogen) atoms. The van der Waals surface area contributed by atoms with Gasteiger partial charge < -0.3 is 15.7 Å². The monoisotopic (exact) mass is 327 g/mol. The Kier molecular flexibility index (Phi) is 5.09. The average molecular weight is 328 g/mol. The topological polar surface area (TPSA) is 52.7 Å².